The summed E-state index contributed by atoms with van der Waals surface area (Å²) in [5.41, 5.74) is 3.26. The molecule has 0 saturated carbocycles. The third-order valence-corrected chi connectivity index (χ3v) is 3.40. The van der Waals surface area contributed by atoms with E-state index in [1.165, 1.54) is 17.8 Å². The van der Waals surface area contributed by atoms with Gasteiger partial charge in [0.2, 0.25) is 0 Å². The zero-order valence-corrected chi connectivity index (χ0v) is 10.6. The lowest BCUT2D eigenvalue weighted by Crippen LogP contribution is -2.35. The van der Waals surface area contributed by atoms with Crippen LogP contribution in [0, 0.1) is 5.82 Å². The molecule has 0 aliphatic carbocycles. The largest absolute Gasteiger partial charge is 0.377 e. The Morgan fingerprint density at radius 3 is 2.72 bits per heavy atom. The number of rotatable bonds is 1. The van der Waals surface area contributed by atoms with Gasteiger partial charge in [0.15, 0.2) is 0 Å². The maximum absolute atomic E-state index is 12.9. The number of hydrogen-bond donors (Lipinski definition) is 1. The van der Waals surface area contributed by atoms with Crippen LogP contribution < -0.4 is 5.32 Å². The number of halogens is 1. The smallest absolute Gasteiger partial charge is 0.123 e. The van der Waals surface area contributed by atoms with Crippen LogP contribution in [0.5, 0.6) is 0 Å². The molecule has 94 valence electrons. The Kier molecular flexibility index (Phi) is 2.40. The number of nitrogens with one attached hydrogen (secondary N) is 1. The number of anilines is 1. The van der Waals surface area contributed by atoms with E-state index < -0.39 is 0 Å². The van der Waals surface area contributed by atoms with Gasteiger partial charge in [0.25, 0.3) is 0 Å². The zero-order chi connectivity index (χ0) is 12.8. The first-order chi connectivity index (χ1) is 8.55. The van der Waals surface area contributed by atoms with E-state index in [2.05, 4.69) is 24.3 Å². The van der Waals surface area contributed by atoms with E-state index in [1.807, 2.05) is 10.9 Å². The molecule has 2 heterocycles. The predicted molar refractivity (Wildman–Crippen MR) is 69.5 cm³/mol. The quantitative estimate of drug-likeness (QED) is 0.836. The maximum atomic E-state index is 12.9. The van der Waals surface area contributed by atoms with Gasteiger partial charge in [0.05, 0.1) is 23.3 Å². The molecule has 4 heteroatoms. The Bertz CT molecular complexity index is 569. The molecule has 0 radical (unpaired) electrons. The first-order valence-electron chi connectivity index (χ1n) is 6.16. The summed E-state index contributed by atoms with van der Waals surface area (Å²) in [7, 11) is 0. The van der Waals surface area contributed by atoms with Crippen molar-refractivity contribution in [1.82, 2.24) is 9.78 Å². The molecule has 0 amide bonds. The van der Waals surface area contributed by atoms with Crippen LogP contribution in [0.15, 0.2) is 30.5 Å². The van der Waals surface area contributed by atoms with Crippen LogP contribution in [0.1, 0.15) is 26.0 Å². The van der Waals surface area contributed by atoms with Gasteiger partial charge in [0, 0.05) is 5.54 Å². The molecule has 3 nitrogen and oxygen atoms in total. The van der Waals surface area contributed by atoms with Crippen LogP contribution in [0.2, 0.25) is 0 Å². The average molecular weight is 245 g/mol. The fourth-order valence-corrected chi connectivity index (χ4v) is 2.38. The molecule has 0 unspecified atom stereocenters. The van der Waals surface area contributed by atoms with Crippen LogP contribution in [0.3, 0.4) is 0 Å². The number of hydrogen-bond acceptors (Lipinski definition) is 2. The van der Waals surface area contributed by atoms with Crippen molar-refractivity contribution in [2.24, 2.45) is 0 Å². The highest BCUT2D eigenvalue weighted by Crippen LogP contribution is 2.31. The zero-order valence-electron chi connectivity index (χ0n) is 10.6. The summed E-state index contributed by atoms with van der Waals surface area (Å²) in [5, 5.41) is 7.88. The van der Waals surface area contributed by atoms with E-state index in [0.717, 1.165) is 24.2 Å². The van der Waals surface area contributed by atoms with Gasteiger partial charge in [-0.2, -0.15) is 5.10 Å². The SMILES string of the molecule is CC1(C)CCc2c(cnn2-c2ccc(F)cc2)N1. The molecule has 2 aromatic rings. The van der Waals surface area contributed by atoms with Gasteiger partial charge in [-0.3, -0.25) is 0 Å². The Morgan fingerprint density at radius 2 is 2.00 bits per heavy atom. The lowest BCUT2D eigenvalue weighted by Gasteiger charge is -2.32. The fourth-order valence-electron chi connectivity index (χ4n) is 2.38. The molecule has 0 atom stereocenters. The molecule has 0 saturated heterocycles. The van der Waals surface area contributed by atoms with E-state index in [-0.39, 0.29) is 11.4 Å². The molecule has 1 N–H and O–H groups in total. The van der Waals surface area contributed by atoms with Gasteiger partial charge in [-0.15, -0.1) is 0 Å². The molecule has 3 rings (SSSR count). The highest BCUT2D eigenvalue weighted by atomic mass is 19.1. The van der Waals surface area contributed by atoms with Crippen molar-refractivity contribution in [3.05, 3.63) is 42.0 Å². The summed E-state index contributed by atoms with van der Waals surface area (Å²) in [6, 6.07) is 6.43. The topological polar surface area (TPSA) is 29.9 Å². The van der Waals surface area contributed by atoms with E-state index in [9.17, 15) is 4.39 Å². The molecule has 1 aromatic carbocycles. The van der Waals surface area contributed by atoms with Crippen molar-refractivity contribution in [2.75, 3.05) is 5.32 Å². The number of nitrogens with zero attached hydrogens (tertiary/aromatic N) is 2. The molecule has 1 aliphatic rings. The standard InChI is InChI=1S/C14H16FN3/c1-14(2)8-7-13-12(17-14)9-16-18(13)11-5-3-10(15)4-6-11/h3-6,9,17H,7-8H2,1-2H3. The van der Waals surface area contributed by atoms with Gasteiger partial charge < -0.3 is 5.32 Å². The molecule has 18 heavy (non-hydrogen) atoms. The minimum Gasteiger partial charge on any atom is -0.377 e. The number of benzene rings is 1. The minimum absolute atomic E-state index is 0.115. The van der Waals surface area contributed by atoms with Crippen molar-refractivity contribution in [3.8, 4) is 5.69 Å². The lowest BCUT2D eigenvalue weighted by molar-refractivity contribution is 0.494. The average Bonchev–Trinajstić information content (AvgIpc) is 2.71. The first-order valence-corrected chi connectivity index (χ1v) is 6.16. The highest BCUT2D eigenvalue weighted by Gasteiger charge is 2.27. The summed E-state index contributed by atoms with van der Waals surface area (Å²) in [6.07, 6.45) is 3.89. The van der Waals surface area contributed by atoms with Crippen molar-refractivity contribution in [3.63, 3.8) is 0 Å². The summed E-state index contributed by atoms with van der Waals surface area (Å²) < 4.78 is 14.8. The van der Waals surface area contributed by atoms with Crippen molar-refractivity contribution >= 4 is 5.69 Å². The van der Waals surface area contributed by atoms with Crippen LogP contribution >= 0.6 is 0 Å². The van der Waals surface area contributed by atoms with E-state index in [1.54, 1.807) is 12.1 Å². The van der Waals surface area contributed by atoms with Crippen molar-refractivity contribution in [1.29, 1.82) is 0 Å². The first kappa shape index (κ1) is 11.3. The summed E-state index contributed by atoms with van der Waals surface area (Å²) in [6.45, 7) is 4.37. The molecule has 0 bridgehead atoms. The van der Waals surface area contributed by atoms with Crippen LogP contribution in [0.25, 0.3) is 5.69 Å². The normalized spacial score (nSPS) is 17.1. The van der Waals surface area contributed by atoms with E-state index in [0.29, 0.717) is 0 Å². The Hall–Kier alpha value is -1.84. The molecular weight excluding hydrogens is 229 g/mol. The molecule has 1 aliphatic heterocycles. The predicted octanol–water partition coefficient (Wildman–Crippen LogP) is 3.15. The van der Waals surface area contributed by atoms with Gasteiger partial charge in [-0.05, 0) is 51.0 Å². The second-order valence-electron chi connectivity index (χ2n) is 5.40. The van der Waals surface area contributed by atoms with Crippen LogP contribution in [-0.2, 0) is 6.42 Å². The number of fused-ring (bicyclic) bond motifs is 1. The Labute approximate surface area is 106 Å². The van der Waals surface area contributed by atoms with Crippen molar-refractivity contribution in [2.45, 2.75) is 32.2 Å². The third-order valence-electron chi connectivity index (χ3n) is 3.40. The monoisotopic (exact) mass is 245 g/mol. The third kappa shape index (κ3) is 1.88. The summed E-state index contributed by atoms with van der Waals surface area (Å²) in [5.74, 6) is -0.223. The lowest BCUT2D eigenvalue weighted by atomic mass is 9.92. The van der Waals surface area contributed by atoms with Gasteiger partial charge in [0.1, 0.15) is 5.82 Å². The van der Waals surface area contributed by atoms with Gasteiger partial charge in [-0.25, -0.2) is 9.07 Å². The molecule has 0 fully saturated rings. The molecule has 1 aromatic heterocycles. The second-order valence-corrected chi connectivity index (χ2v) is 5.40. The van der Waals surface area contributed by atoms with Gasteiger partial charge >= 0.3 is 0 Å². The second kappa shape index (κ2) is 3.83. The van der Waals surface area contributed by atoms with Crippen LogP contribution in [-0.4, -0.2) is 15.3 Å². The summed E-state index contributed by atoms with van der Waals surface area (Å²) in [4.78, 5) is 0. The van der Waals surface area contributed by atoms with E-state index in [4.69, 9.17) is 0 Å². The molecule has 0 spiro atoms. The van der Waals surface area contributed by atoms with Gasteiger partial charge in [-0.1, -0.05) is 0 Å². The fraction of sp³-hybridized carbons (Fsp3) is 0.357. The Balaban J connectivity index is 2.01. The Morgan fingerprint density at radius 1 is 1.28 bits per heavy atom. The molecular formula is C14H16FN3. The van der Waals surface area contributed by atoms with Crippen LogP contribution in [0.4, 0.5) is 10.1 Å². The minimum atomic E-state index is -0.223. The number of aromatic nitrogens is 2. The maximum Gasteiger partial charge on any atom is 0.123 e. The highest BCUT2D eigenvalue weighted by molar-refractivity contribution is 5.53. The van der Waals surface area contributed by atoms with E-state index >= 15 is 0 Å². The summed E-state index contributed by atoms with van der Waals surface area (Å²) >= 11 is 0. The van der Waals surface area contributed by atoms with Crippen molar-refractivity contribution < 1.29 is 4.39 Å².